The van der Waals surface area contributed by atoms with Crippen molar-refractivity contribution in [1.29, 1.82) is 0 Å². The standard InChI is InChI=1S/C19H29N3O3S/c1-21(15-19(24)25)16-8-11-22(12-9-16)14-18(23)20-10-5-13-26-17-6-3-2-4-7-17/h2-4,6-7,16H,5,8-15H2,1H3,(H,20,23)(H,24,25). The summed E-state index contributed by atoms with van der Waals surface area (Å²) in [5.41, 5.74) is 0. The second-order valence-corrected chi connectivity index (χ2v) is 7.85. The molecule has 0 aromatic heterocycles. The number of carbonyl (C=O) groups is 2. The van der Waals surface area contributed by atoms with E-state index in [1.54, 1.807) is 11.8 Å². The van der Waals surface area contributed by atoms with Crippen LogP contribution in [0.4, 0.5) is 0 Å². The number of aliphatic carboxylic acids is 1. The molecule has 1 aromatic carbocycles. The number of benzene rings is 1. The van der Waals surface area contributed by atoms with Gasteiger partial charge in [0.05, 0.1) is 13.1 Å². The van der Waals surface area contributed by atoms with Crippen molar-refractivity contribution in [2.24, 2.45) is 0 Å². The first kappa shape index (κ1) is 20.7. The van der Waals surface area contributed by atoms with E-state index in [-0.39, 0.29) is 12.5 Å². The number of hydrogen-bond donors (Lipinski definition) is 2. The van der Waals surface area contributed by atoms with E-state index < -0.39 is 5.97 Å². The summed E-state index contributed by atoms with van der Waals surface area (Å²) in [6.07, 6.45) is 2.77. The summed E-state index contributed by atoms with van der Waals surface area (Å²) >= 11 is 1.81. The quantitative estimate of drug-likeness (QED) is 0.477. The molecule has 0 radical (unpaired) electrons. The van der Waals surface area contributed by atoms with Crippen molar-refractivity contribution in [3.63, 3.8) is 0 Å². The topological polar surface area (TPSA) is 72.9 Å². The Balaban J connectivity index is 1.54. The Labute approximate surface area is 159 Å². The molecule has 1 amide bonds. The number of piperidine rings is 1. The van der Waals surface area contributed by atoms with E-state index in [9.17, 15) is 9.59 Å². The van der Waals surface area contributed by atoms with E-state index in [1.807, 2.05) is 30.1 Å². The van der Waals surface area contributed by atoms with E-state index >= 15 is 0 Å². The molecule has 0 unspecified atom stereocenters. The molecule has 1 aliphatic heterocycles. The van der Waals surface area contributed by atoms with Crippen LogP contribution in [0.3, 0.4) is 0 Å². The molecule has 1 aliphatic rings. The molecule has 6 nitrogen and oxygen atoms in total. The monoisotopic (exact) mass is 379 g/mol. The number of thioether (sulfide) groups is 1. The average molecular weight is 380 g/mol. The van der Waals surface area contributed by atoms with Crippen LogP contribution in [0.1, 0.15) is 19.3 Å². The maximum Gasteiger partial charge on any atom is 0.317 e. The van der Waals surface area contributed by atoms with Crippen LogP contribution in [0.5, 0.6) is 0 Å². The van der Waals surface area contributed by atoms with Gasteiger partial charge in [-0.05, 0) is 44.2 Å². The smallest absolute Gasteiger partial charge is 0.317 e. The fraction of sp³-hybridized carbons (Fsp3) is 0.579. The van der Waals surface area contributed by atoms with Crippen molar-refractivity contribution in [2.75, 3.05) is 45.5 Å². The van der Waals surface area contributed by atoms with Crippen LogP contribution in [0, 0.1) is 0 Å². The summed E-state index contributed by atoms with van der Waals surface area (Å²) in [6, 6.07) is 10.6. The molecule has 26 heavy (non-hydrogen) atoms. The summed E-state index contributed by atoms with van der Waals surface area (Å²) in [4.78, 5) is 28.1. The highest BCUT2D eigenvalue weighted by Gasteiger charge is 2.24. The fourth-order valence-corrected chi connectivity index (χ4v) is 4.00. The summed E-state index contributed by atoms with van der Waals surface area (Å²) in [5.74, 6) is 0.276. The molecule has 2 N–H and O–H groups in total. The third kappa shape index (κ3) is 7.76. The van der Waals surface area contributed by atoms with Gasteiger partial charge in [-0.1, -0.05) is 18.2 Å². The molecule has 2 rings (SSSR count). The minimum absolute atomic E-state index is 0.0755. The third-order valence-corrected chi connectivity index (χ3v) is 5.69. The molecule has 1 fully saturated rings. The lowest BCUT2D eigenvalue weighted by molar-refractivity contribution is -0.138. The van der Waals surface area contributed by atoms with Crippen molar-refractivity contribution in [3.8, 4) is 0 Å². The number of amides is 1. The zero-order valence-corrected chi connectivity index (χ0v) is 16.2. The first-order valence-electron chi connectivity index (χ1n) is 9.13. The number of hydrogen-bond acceptors (Lipinski definition) is 5. The fourth-order valence-electron chi connectivity index (χ4n) is 3.13. The molecular weight excluding hydrogens is 350 g/mol. The molecule has 0 bridgehead atoms. The van der Waals surface area contributed by atoms with Crippen molar-refractivity contribution >= 4 is 23.6 Å². The molecule has 1 heterocycles. The Bertz CT molecular complexity index is 562. The second-order valence-electron chi connectivity index (χ2n) is 6.68. The van der Waals surface area contributed by atoms with Crippen LogP contribution in [0.2, 0.25) is 0 Å². The maximum absolute atomic E-state index is 12.1. The number of carboxylic acids is 1. The summed E-state index contributed by atoms with van der Waals surface area (Å²) in [5, 5.41) is 11.9. The molecule has 0 aliphatic carbocycles. The zero-order chi connectivity index (χ0) is 18.8. The van der Waals surface area contributed by atoms with Gasteiger partial charge in [-0.3, -0.25) is 19.4 Å². The minimum atomic E-state index is -0.792. The highest BCUT2D eigenvalue weighted by atomic mass is 32.2. The van der Waals surface area contributed by atoms with Gasteiger partial charge in [0.15, 0.2) is 0 Å². The van der Waals surface area contributed by atoms with Gasteiger partial charge in [0, 0.05) is 30.6 Å². The van der Waals surface area contributed by atoms with E-state index in [0.29, 0.717) is 19.1 Å². The van der Waals surface area contributed by atoms with Crippen molar-refractivity contribution in [3.05, 3.63) is 30.3 Å². The van der Waals surface area contributed by atoms with Crippen LogP contribution < -0.4 is 5.32 Å². The number of nitrogens with zero attached hydrogens (tertiary/aromatic N) is 2. The average Bonchev–Trinajstić information content (AvgIpc) is 2.62. The Morgan fingerprint density at radius 3 is 2.62 bits per heavy atom. The van der Waals surface area contributed by atoms with Gasteiger partial charge in [-0.15, -0.1) is 11.8 Å². The molecule has 0 spiro atoms. The zero-order valence-electron chi connectivity index (χ0n) is 15.4. The molecule has 7 heteroatoms. The van der Waals surface area contributed by atoms with E-state index in [4.69, 9.17) is 5.11 Å². The first-order valence-corrected chi connectivity index (χ1v) is 10.1. The molecule has 0 atom stereocenters. The van der Waals surface area contributed by atoms with Crippen LogP contribution in [-0.2, 0) is 9.59 Å². The van der Waals surface area contributed by atoms with E-state index in [2.05, 4.69) is 22.3 Å². The van der Waals surface area contributed by atoms with Gasteiger partial charge in [0.2, 0.25) is 5.91 Å². The highest BCUT2D eigenvalue weighted by Crippen LogP contribution is 2.17. The summed E-state index contributed by atoms with van der Waals surface area (Å²) in [6.45, 7) is 2.89. The lowest BCUT2D eigenvalue weighted by Gasteiger charge is -2.35. The minimum Gasteiger partial charge on any atom is -0.480 e. The van der Waals surface area contributed by atoms with Crippen LogP contribution in [0.25, 0.3) is 0 Å². The summed E-state index contributed by atoms with van der Waals surface area (Å²) in [7, 11) is 1.86. The SMILES string of the molecule is CN(CC(=O)O)C1CCN(CC(=O)NCCCSc2ccccc2)CC1. The molecule has 144 valence electrons. The molecule has 1 saturated heterocycles. The lowest BCUT2D eigenvalue weighted by atomic mass is 10.0. The third-order valence-electron chi connectivity index (χ3n) is 4.59. The van der Waals surface area contributed by atoms with E-state index in [0.717, 1.165) is 38.1 Å². The first-order chi connectivity index (χ1) is 12.5. The molecule has 1 aromatic rings. The second kappa shape index (κ2) is 11.2. The van der Waals surface area contributed by atoms with Crippen molar-refractivity contribution < 1.29 is 14.7 Å². The predicted molar refractivity (Wildman–Crippen MR) is 105 cm³/mol. The summed E-state index contributed by atoms with van der Waals surface area (Å²) < 4.78 is 0. The van der Waals surface area contributed by atoms with Crippen molar-refractivity contribution in [2.45, 2.75) is 30.2 Å². The van der Waals surface area contributed by atoms with Crippen molar-refractivity contribution in [1.82, 2.24) is 15.1 Å². The number of likely N-dealkylation sites (N-methyl/N-ethyl adjacent to an activating group) is 1. The van der Waals surface area contributed by atoms with Gasteiger partial charge in [0.25, 0.3) is 0 Å². The molecular formula is C19H29N3O3S. The Hall–Kier alpha value is -1.57. The maximum atomic E-state index is 12.1. The Morgan fingerprint density at radius 2 is 1.96 bits per heavy atom. The van der Waals surface area contributed by atoms with Crippen LogP contribution in [0.15, 0.2) is 35.2 Å². The largest absolute Gasteiger partial charge is 0.480 e. The molecule has 0 saturated carbocycles. The Kier molecular flexibility index (Phi) is 8.94. The number of likely N-dealkylation sites (tertiary alicyclic amines) is 1. The van der Waals surface area contributed by atoms with Gasteiger partial charge in [-0.2, -0.15) is 0 Å². The number of nitrogens with one attached hydrogen (secondary N) is 1. The predicted octanol–water partition coefficient (Wildman–Crippen LogP) is 1.77. The lowest BCUT2D eigenvalue weighted by Crippen LogP contribution is -2.47. The highest BCUT2D eigenvalue weighted by molar-refractivity contribution is 7.99. The normalized spacial score (nSPS) is 15.9. The van der Waals surface area contributed by atoms with Gasteiger partial charge in [0.1, 0.15) is 0 Å². The van der Waals surface area contributed by atoms with Gasteiger partial charge in [-0.25, -0.2) is 0 Å². The van der Waals surface area contributed by atoms with Crippen LogP contribution in [-0.4, -0.2) is 78.3 Å². The van der Waals surface area contributed by atoms with Crippen LogP contribution >= 0.6 is 11.8 Å². The number of carboxylic acid groups (broad SMARTS) is 1. The number of rotatable bonds is 10. The Morgan fingerprint density at radius 1 is 1.27 bits per heavy atom. The van der Waals surface area contributed by atoms with E-state index in [1.165, 1.54) is 4.90 Å². The number of carbonyl (C=O) groups excluding carboxylic acids is 1. The van der Waals surface area contributed by atoms with Gasteiger partial charge < -0.3 is 10.4 Å². The van der Waals surface area contributed by atoms with Gasteiger partial charge >= 0.3 is 5.97 Å².